The lowest BCUT2D eigenvalue weighted by atomic mass is 9.64. The number of hydrogen-bond acceptors (Lipinski definition) is 6. The fraction of sp³-hybridized carbons (Fsp3) is 0.733. The van der Waals surface area contributed by atoms with E-state index in [2.05, 4.69) is 65.2 Å². The molecule has 0 amide bonds. The first kappa shape index (κ1) is 30.5. The summed E-state index contributed by atoms with van der Waals surface area (Å²) < 4.78 is 0. The molecule has 2 saturated heterocycles. The number of carbonyl (C=O) groups is 2. The van der Waals surface area contributed by atoms with Crippen LogP contribution in [0.4, 0.5) is 0 Å². The van der Waals surface area contributed by atoms with Crippen molar-refractivity contribution in [3.63, 3.8) is 0 Å². The molecular formula is C30H48N2O6. The maximum Gasteiger partial charge on any atom is 0.335 e. The Morgan fingerprint density at radius 2 is 0.921 bits per heavy atom. The fourth-order valence-electron chi connectivity index (χ4n) is 8.34. The highest BCUT2D eigenvalue weighted by atomic mass is 16.4. The van der Waals surface area contributed by atoms with Gasteiger partial charge in [-0.15, -0.1) is 0 Å². The summed E-state index contributed by atoms with van der Waals surface area (Å²) in [6, 6.07) is 2.95. The van der Waals surface area contributed by atoms with E-state index in [1.54, 1.807) is 0 Å². The highest BCUT2D eigenvalue weighted by molar-refractivity contribution is 5.95. The standard InChI is InChI=1S/C30H48N2O6/c1-27(2)15-19(16-28(3,4)31(27)11-13-33)23-21(25(35)36)9-10-22(26(37)38)24(23)20-17-29(5,6)32(12-14-34)30(7,8)18-20/h9-10,19-20,33-34H,11-18H2,1-8H3,(H,35,36)(H,37,38). The van der Waals surface area contributed by atoms with E-state index >= 15 is 0 Å². The molecule has 0 radical (unpaired) electrons. The molecule has 8 heteroatoms. The molecule has 2 heterocycles. The first-order valence-corrected chi connectivity index (χ1v) is 13.8. The Labute approximate surface area is 227 Å². The predicted molar refractivity (Wildman–Crippen MR) is 148 cm³/mol. The Morgan fingerprint density at radius 1 is 0.658 bits per heavy atom. The lowest BCUT2D eigenvalue weighted by Gasteiger charge is -2.57. The Hall–Kier alpha value is -2.00. The number of aliphatic hydroxyl groups is 2. The second-order valence-corrected chi connectivity index (χ2v) is 13.8. The summed E-state index contributed by atoms with van der Waals surface area (Å²) in [7, 11) is 0. The van der Waals surface area contributed by atoms with Crippen molar-refractivity contribution in [3.05, 3.63) is 34.4 Å². The van der Waals surface area contributed by atoms with E-state index in [9.17, 15) is 30.0 Å². The minimum Gasteiger partial charge on any atom is -0.478 e. The molecule has 8 nitrogen and oxygen atoms in total. The van der Waals surface area contributed by atoms with Gasteiger partial charge in [0.15, 0.2) is 0 Å². The zero-order chi connectivity index (χ0) is 28.8. The van der Waals surface area contributed by atoms with Crippen molar-refractivity contribution >= 4 is 11.9 Å². The number of aromatic carboxylic acids is 2. The molecule has 3 rings (SSSR count). The molecule has 4 N–H and O–H groups in total. The molecule has 0 atom stereocenters. The van der Waals surface area contributed by atoms with Crippen molar-refractivity contribution in [3.8, 4) is 0 Å². The highest BCUT2D eigenvalue weighted by Crippen LogP contribution is 2.52. The van der Waals surface area contributed by atoms with Gasteiger partial charge in [0, 0.05) is 35.2 Å². The Morgan fingerprint density at radius 3 is 1.13 bits per heavy atom. The van der Waals surface area contributed by atoms with Gasteiger partial charge in [0.25, 0.3) is 0 Å². The summed E-state index contributed by atoms with van der Waals surface area (Å²) in [6.07, 6.45) is 2.62. The van der Waals surface area contributed by atoms with Gasteiger partial charge in [-0.25, -0.2) is 9.59 Å². The molecule has 0 bridgehead atoms. The molecule has 0 aliphatic carbocycles. The monoisotopic (exact) mass is 532 g/mol. The third-order valence-electron chi connectivity index (χ3n) is 9.12. The molecule has 0 spiro atoms. The van der Waals surface area contributed by atoms with Crippen LogP contribution in [-0.2, 0) is 0 Å². The van der Waals surface area contributed by atoms with Crippen LogP contribution in [0.25, 0.3) is 0 Å². The number of aliphatic hydroxyl groups excluding tert-OH is 2. The minimum atomic E-state index is -1.04. The summed E-state index contributed by atoms with van der Waals surface area (Å²) in [4.78, 5) is 29.8. The molecule has 2 fully saturated rings. The molecule has 0 aromatic heterocycles. The van der Waals surface area contributed by atoms with Gasteiger partial charge >= 0.3 is 11.9 Å². The van der Waals surface area contributed by atoms with Gasteiger partial charge in [-0.05, 0) is 116 Å². The van der Waals surface area contributed by atoms with E-state index in [0.717, 1.165) is 0 Å². The van der Waals surface area contributed by atoms with Crippen LogP contribution in [0.15, 0.2) is 12.1 Å². The van der Waals surface area contributed by atoms with Crippen LogP contribution in [0, 0.1) is 0 Å². The van der Waals surface area contributed by atoms with Crippen molar-refractivity contribution in [1.29, 1.82) is 0 Å². The van der Waals surface area contributed by atoms with Gasteiger partial charge in [0.1, 0.15) is 0 Å². The van der Waals surface area contributed by atoms with E-state index in [4.69, 9.17) is 0 Å². The lowest BCUT2D eigenvalue weighted by Crippen LogP contribution is -2.61. The average Bonchev–Trinajstić information content (AvgIpc) is 2.76. The van der Waals surface area contributed by atoms with Gasteiger partial charge in [-0.1, -0.05) is 0 Å². The van der Waals surface area contributed by atoms with Crippen LogP contribution in [0.2, 0.25) is 0 Å². The van der Waals surface area contributed by atoms with Gasteiger partial charge in [0.05, 0.1) is 24.3 Å². The number of piperidine rings is 2. The highest BCUT2D eigenvalue weighted by Gasteiger charge is 2.50. The topological polar surface area (TPSA) is 122 Å². The third kappa shape index (κ3) is 5.64. The smallest absolute Gasteiger partial charge is 0.335 e. The van der Waals surface area contributed by atoms with E-state index in [-0.39, 0.29) is 58.3 Å². The van der Waals surface area contributed by atoms with E-state index < -0.39 is 11.9 Å². The molecule has 2 aliphatic rings. The second-order valence-electron chi connectivity index (χ2n) is 13.8. The van der Waals surface area contributed by atoms with Gasteiger partial charge in [-0.3, -0.25) is 9.80 Å². The van der Waals surface area contributed by atoms with Crippen molar-refractivity contribution in [2.24, 2.45) is 0 Å². The number of rotatable bonds is 8. The quantitative estimate of drug-likeness (QED) is 0.385. The van der Waals surface area contributed by atoms with Crippen LogP contribution in [0.1, 0.15) is 125 Å². The molecular weight excluding hydrogens is 484 g/mol. The molecule has 2 aliphatic heterocycles. The van der Waals surface area contributed by atoms with Crippen LogP contribution in [0.3, 0.4) is 0 Å². The number of hydrogen-bond donors (Lipinski definition) is 4. The van der Waals surface area contributed by atoms with Crippen molar-refractivity contribution in [2.45, 2.75) is 115 Å². The van der Waals surface area contributed by atoms with E-state index in [0.29, 0.717) is 49.9 Å². The van der Waals surface area contributed by atoms with E-state index in [1.165, 1.54) is 12.1 Å². The van der Waals surface area contributed by atoms with Crippen molar-refractivity contribution in [1.82, 2.24) is 9.80 Å². The SMILES string of the molecule is CC1(C)CC(c2c(C(=O)O)ccc(C(=O)O)c2C2CC(C)(C)N(CCO)C(C)(C)C2)CC(C)(C)N1CCO. The Bertz CT molecular complexity index is 942. The second kappa shape index (κ2) is 10.5. The molecule has 1 aromatic carbocycles. The maximum atomic E-state index is 12.6. The Kier molecular flexibility index (Phi) is 8.46. The summed E-state index contributed by atoms with van der Waals surface area (Å²) in [5, 5.41) is 40.2. The number of benzene rings is 1. The molecule has 1 aromatic rings. The van der Waals surface area contributed by atoms with Crippen LogP contribution >= 0.6 is 0 Å². The maximum absolute atomic E-state index is 12.6. The normalized spacial score (nSPS) is 23.8. The summed E-state index contributed by atoms with van der Waals surface area (Å²) in [6.45, 7) is 18.1. The van der Waals surface area contributed by atoms with Crippen molar-refractivity contribution in [2.75, 3.05) is 26.3 Å². The van der Waals surface area contributed by atoms with Gasteiger partial charge in [-0.2, -0.15) is 0 Å². The largest absolute Gasteiger partial charge is 0.478 e. The lowest BCUT2D eigenvalue weighted by molar-refractivity contribution is -0.0486. The molecule has 0 saturated carbocycles. The first-order valence-electron chi connectivity index (χ1n) is 13.8. The van der Waals surface area contributed by atoms with Gasteiger partial charge in [0.2, 0.25) is 0 Å². The average molecular weight is 533 g/mol. The zero-order valence-electron chi connectivity index (χ0n) is 24.5. The predicted octanol–water partition coefficient (Wildman–Crippen LogP) is 4.54. The number of carboxylic acid groups (broad SMARTS) is 2. The van der Waals surface area contributed by atoms with Crippen LogP contribution < -0.4 is 0 Å². The van der Waals surface area contributed by atoms with Crippen molar-refractivity contribution < 1.29 is 30.0 Å². The number of carboxylic acids is 2. The minimum absolute atomic E-state index is 0.0359. The third-order valence-corrected chi connectivity index (χ3v) is 9.12. The van der Waals surface area contributed by atoms with Crippen LogP contribution in [0.5, 0.6) is 0 Å². The Balaban J connectivity index is 2.26. The number of β-amino-alcohol motifs (C(OH)–C–C–N with tert-alkyl or cyclic N) is 2. The summed E-state index contributed by atoms with van der Waals surface area (Å²) in [5.74, 6) is -2.39. The molecule has 38 heavy (non-hydrogen) atoms. The first-order chi connectivity index (χ1) is 17.4. The van der Waals surface area contributed by atoms with Crippen LogP contribution in [-0.4, -0.2) is 90.6 Å². The number of nitrogens with zero attached hydrogens (tertiary/aromatic N) is 2. The summed E-state index contributed by atoms with van der Waals surface area (Å²) >= 11 is 0. The van der Waals surface area contributed by atoms with Gasteiger partial charge < -0.3 is 20.4 Å². The molecule has 0 unspecified atom stereocenters. The number of likely N-dealkylation sites (tertiary alicyclic amines) is 2. The van der Waals surface area contributed by atoms with E-state index in [1.807, 2.05) is 0 Å². The summed E-state index contributed by atoms with van der Waals surface area (Å²) in [5.41, 5.74) is 0.379. The zero-order valence-corrected chi connectivity index (χ0v) is 24.5. The fourth-order valence-corrected chi connectivity index (χ4v) is 8.34. The molecule has 214 valence electrons.